The number of rotatable bonds is 7. The Balaban J connectivity index is 1.57. The number of amides is 1. The van der Waals surface area contributed by atoms with Gasteiger partial charge in [0.05, 0.1) is 6.10 Å². The maximum absolute atomic E-state index is 12.7. The molecule has 2 aromatic carbocycles. The second-order valence-corrected chi connectivity index (χ2v) is 7.42. The predicted molar refractivity (Wildman–Crippen MR) is 112 cm³/mol. The van der Waals surface area contributed by atoms with E-state index in [0.717, 1.165) is 5.56 Å². The van der Waals surface area contributed by atoms with Crippen molar-refractivity contribution in [2.24, 2.45) is 0 Å². The van der Waals surface area contributed by atoms with E-state index < -0.39 is 0 Å². The van der Waals surface area contributed by atoms with Crippen molar-refractivity contribution < 1.29 is 18.7 Å². The van der Waals surface area contributed by atoms with Gasteiger partial charge in [-0.25, -0.2) is 4.98 Å². The van der Waals surface area contributed by atoms with Crippen LogP contribution in [0.25, 0.3) is 11.5 Å². The lowest BCUT2D eigenvalue weighted by atomic mass is 10.2. The third-order valence-corrected chi connectivity index (χ3v) is 4.55. The number of hydrogen-bond acceptors (Lipinski definition) is 8. The van der Waals surface area contributed by atoms with Gasteiger partial charge in [-0.05, 0) is 50.2 Å². The Morgan fingerprint density at radius 3 is 2.57 bits per heavy atom. The quantitative estimate of drug-likeness (QED) is 0.446. The average molecular weight is 422 g/mol. The smallest absolute Gasteiger partial charge is 0.257 e. The summed E-state index contributed by atoms with van der Waals surface area (Å²) in [5.41, 5.74) is 1.18. The number of anilines is 1. The van der Waals surface area contributed by atoms with E-state index in [1.807, 2.05) is 26.0 Å². The molecule has 4 rings (SSSR count). The van der Waals surface area contributed by atoms with E-state index in [-0.39, 0.29) is 12.0 Å². The maximum Gasteiger partial charge on any atom is 0.257 e. The Hall–Kier alpha value is -3.72. The van der Waals surface area contributed by atoms with Crippen molar-refractivity contribution in [3.05, 3.63) is 66.0 Å². The molecule has 0 atom stereocenters. The van der Waals surface area contributed by atoms with Gasteiger partial charge in [0.2, 0.25) is 12.3 Å². The summed E-state index contributed by atoms with van der Waals surface area (Å²) in [5, 5.41) is 12.6. The predicted octanol–water partition coefficient (Wildman–Crippen LogP) is 5.02. The van der Waals surface area contributed by atoms with Crippen LogP contribution in [-0.4, -0.2) is 27.2 Å². The van der Waals surface area contributed by atoms with E-state index in [0.29, 0.717) is 33.8 Å². The molecule has 4 aromatic rings. The van der Waals surface area contributed by atoms with Crippen LogP contribution in [0.3, 0.4) is 0 Å². The third kappa shape index (κ3) is 4.81. The lowest BCUT2D eigenvalue weighted by Gasteiger charge is -2.14. The molecule has 30 heavy (non-hydrogen) atoms. The van der Waals surface area contributed by atoms with Crippen LogP contribution >= 0.6 is 11.3 Å². The lowest BCUT2D eigenvalue weighted by molar-refractivity contribution is 0.102. The third-order valence-electron chi connectivity index (χ3n) is 3.86. The van der Waals surface area contributed by atoms with E-state index >= 15 is 0 Å². The summed E-state index contributed by atoms with van der Waals surface area (Å²) < 4.78 is 16.9. The fraction of sp³-hybridized carbons (Fsp3) is 0.143. The minimum atomic E-state index is -0.296. The number of benzene rings is 2. The zero-order chi connectivity index (χ0) is 20.9. The van der Waals surface area contributed by atoms with Crippen LogP contribution in [0.5, 0.6) is 17.2 Å². The normalized spacial score (nSPS) is 10.8. The summed E-state index contributed by atoms with van der Waals surface area (Å²) in [4.78, 5) is 16.7. The van der Waals surface area contributed by atoms with Crippen LogP contribution in [0, 0.1) is 0 Å². The number of hydrogen-bond donors (Lipinski definition) is 1. The van der Waals surface area contributed by atoms with Crippen molar-refractivity contribution in [1.29, 1.82) is 0 Å². The van der Waals surface area contributed by atoms with E-state index in [1.165, 1.54) is 17.7 Å². The van der Waals surface area contributed by atoms with Crippen molar-refractivity contribution >= 4 is 22.4 Å². The fourth-order valence-electron chi connectivity index (χ4n) is 2.66. The first-order valence-corrected chi connectivity index (χ1v) is 10.0. The first-order chi connectivity index (χ1) is 14.6. The molecule has 0 aliphatic heterocycles. The summed E-state index contributed by atoms with van der Waals surface area (Å²) in [6.07, 6.45) is 2.85. The molecule has 2 aromatic heterocycles. The Labute approximate surface area is 176 Å². The highest BCUT2D eigenvalue weighted by Crippen LogP contribution is 2.30. The second-order valence-electron chi connectivity index (χ2n) is 6.52. The molecule has 0 fully saturated rings. The zero-order valence-electron chi connectivity index (χ0n) is 16.2. The molecule has 0 aliphatic rings. The molecule has 1 N–H and O–H groups in total. The standard InChI is InChI=1S/C21H18N4O4S/c1-13(2)28-17-9-15(19(26)24-21-22-7-8-30-21)10-18(11-17)29-16-5-3-14(4-6-16)20-25-23-12-27-20/h3-13H,1-2H3,(H,22,24,26). The van der Waals surface area contributed by atoms with Gasteiger partial charge in [0.15, 0.2) is 5.13 Å². The monoisotopic (exact) mass is 422 g/mol. The summed E-state index contributed by atoms with van der Waals surface area (Å²) >= 11 is 1.34. The summed E-state index contributed by atoms with van der Waals surface area (Å²) in [5.74, 6) is 1.73. The molecule has 0 unspecified atom stereocenters. The van der Waals surface area contributed by atoms with E-state index in [2.05, 4.69) is 20.5 Å². The molecule has 0 spiro atoms. The molecule has 0 saturated carbocycles. The van der Waals surface area contributed by atoms with Gasteiger partial charge in [-0.15, -0.1) is 21.5 Å². The van der Waals surface area contributed by atoms with Gasteiger partial charge in [-0.2, -0.15) is 0 Å². The minimum Gasteiger partial charge on any atom is -0.491 e. The largest absolute Gasteiger partial charge is 0.491 e. The molecule has 9 heteroatoms. The number of nitrogens with one attached hydrogen (secondary N) is 1. The van der Waals surface area contributed by atoms with Crippen LogP contribution in [0.1, 0.15) is 24.2 Å². The van der Waals surface area contributed by atoms with Crippen LogP contribution in [0.4, 0.5) is 5.13 Å². The summed E-state index contributed by atoms with van der Waals surface area (Å²) in [6, 6.07) is 12.3. The molecule has 0 aliphatic carbocycles. The van der Waals surface area contributed by atoms with Crippen LogP contribution < -0.4 is 14.8 Å². The molecular formula is C21H18N4O4S. The molecule has 2 heterocycles. The first kappa shape index (κ1) is 19.6. The number of nitrogens with zero attached hydrogens (tertiary/aromatic N) is 3. The summed E-state index contributed by atoms with van der Waals surface area (Å²) in [7, 11) is 0. The van der Waals surface area contributed by atoms with Crippen molar-refractivity contribution in [1.82, 2.24) is 15.2 Å². The average Bonchev–Trinajstić information content (AvgIpc) is 3.42. The summed E-state index contributed by atoms with van der Waals surface area (Å²) in [6.45, 7) is 3.83. The van der Waals surface area contributed by atoms with Crippen molar-refractivity contribution in [3.8, 4) is 28.7 Å². The highest BCUT2D eigenvalue weighted by atomic mass is 32.1. The van der Waals surface area contributed by atoms with Crippen LogP contribution in [0.2, 0.25) is 0 Å². The van der Waals surface area contributed by atoms with Gasteiger partial charge in [-0.3, -0.25) is 10.1 Å². The zero-order valence-corrected chi connectivity index (χ0v) is 17.1. The molecule has 8 nitrogen and oxygen atoms in total. The number of carbonyl (C=O) groups excluding carboxylic acids is 1. The Bertz CT molecular complexity index is 1110. The van der Waals surface area contributed by atoms with E-state index in [1.54, 1.807) is 41.9 Å². The van der Waals surface area contributed by atoms with Gasteiger partial charge >= 0.3 is 0 Å². The van der Waals surface area contributed by atoms with Crippen LogP contribution in [-0.2, 0) is 0 Å². The topological polar surface area (TPSA) is 99.4 Å². The molecule has 0 radical (unpaired) electrons. The lowest BCUT2D eigenvalue weighted by Crippen LogP contribution is -2.13. The van der Waals surface area contributed by atoms with E-state index in [4.69, 9.17) is 13.9 Å². The highest BCUT2D eigenvalue weighted by molar-refractivity contribution is 7.13. The SMILES string of the molecule is CC(C)Oc1cc(Oc2ccc(-c3nnco3)cc2)cc(C(=O)Nc2nccs2)c1. The Morgan fingerprint density at radius 1 is 1.10 bits per heavy atom. The number of aromatic nitrogens is 3. The molecule has 0 saturated heterocycles. The van der Waals surface area contributed by atoms with Gasteiger partial charge in [0.1, 0.15) is 17.2 Å². The molecule has 152 valence electrons. The van der Waals surface area contributed by atoms with Gasteiger partial charge in [0.25, 0.3) is 5.91 Å². The Morgan fingerprint density at radius 2 is 1.90 bits per heavy atom. The highest BCUT2D eigenvalue weighted by Gasteiger charge is 2.13. The van der Waals surface area contributed by atoms with Gasteiger partial charge < -0.3 is 13.9 Å². The van der Waals surface area contributed by atoms with Crippen molar-refractivity contribution in [2.45, 2.75) is 20.0 Å². The maximum atomic E-state index is 12.7. The fourth-order valence-corrected chi connectivity index (χ4v) is 3.18. The van der Waals surface area contributed by atoms with Crippen molar-refractivity contribution in [3.63, 3.8) is 0 Å². The minimum absolute atomic E-state index is 0.0520. The van der Waals surface area contributed by atoms with Crippen molar-refractivity contribution in [2.75, 3.05) is 5.32 Å². The molecule has 0 bridgehead atoms. The van der Waals surface area contributed by atoms with Gasteiger partial charge in [-0.1, -0.05) is 0 Å². The second kappa shape index (κ2) is 8.75. The Kier molecular flexibility index (Phi) is 5.71. The van der Waals surface area contributed by atoms with Crippen LogP contribution in [0.15, 0.2) is 64.9 Å². The molecule has 1 amide bonds. The van der Waals surface area contributed by atoms with Gasteiger partial charge in [0, 0.05) is 28.8 Å². The molecular weight excluding hydrogens is 404 g/mol. The first-order valence-electron chi connectivity index (χ1n) is 9.14. The number of carbonyl (C=O) groups is 1. The number of ether oxygens (including phenoxy) is 2. The van der Waals surface area contributed by atoms with E-state index in [9.17, 15) is 4.79 Å². The number of thiazole rings is 1.